The summed E-state index contributed by atoms with van der Waals surface area (Å²) in [6.07, 6.45) is 3.59. The van der Waals surface area contributed by atoms with E-state index in [9.17, 15) is 0 Å². The lowest BCUT2D eigenvalue weighted by molar-refractivity contribution is 0.166. The Labute approximate surface area is 199 Å². The Hall–Kier alpha value is -1.06. The molecule has 2 saturated heterocycles. The summed E-state index contributed by atoms with van der Waals surface area (Å²) in [7, 11) is 1.83. The van der Waals surface area contributed by atoms with E-state index in [0.29, 0.717) is 18.4 Å². The molecule has 2 aliphatic heterocycles. The maximum Gasteiger partial charge on any atom is 0.191 e. The van der Waals surface area contributed by atoms with Gasteiger partial charge in [0.15, 0.2) is 5.96 Å². The van der Waals surface area contributed by atoms with Crippen LogP contribution < -0.4 is 15.4 Å². The first kappa shape index (κ1) is 25.2. The molecule has 0 amide bonds. The highest BCUT2D eigenvalue weighted by Gasteiger charge is 2.21. The Kier molecular flexibility index (Phi) is 11.2. The van der Waals surface area contributed by atoms with E-state index in [2.05, 4.69) is 52.6 Å². The summed E-state index contributed by atoms with van der Waals surface area (Å²) < 4.78 is 11.6. The van der Waals surface area contributed by atoms with Crippen molar-refractivity contribution in [2.24, 2.45) is 16.8 Å². The molecule has 7 heteroatoms. The Morgan fingerprint density at radius 2 is 2.13 bits per heavy atom. The van der Waals surface area contributed by atoms with Gasteiger partial charge in [0.2, 0.25) is 0 Å². The van der Waals surface area contributed by atoms with Crippen LogP contribution in [-0.2, 0) is 11.3 Å². The number of aryl methyl sites for hydroxylation is 1. The van der Waals surface area contributed by atoms with Gasteiger partial charge in [0.25, 0.3) is 0 Å². The molecule has 0 bridgehead atoms. The van der Waals surface area contributed by atoms with E-state index >= 15 is 0 Å². The topological polar surface area (TPSA) is 58.1 Å². The van der Waals surface area contributed by atoms with Gasteiger partial charge >= 0.3 is 0 Å². The fourth-order valence-corrected chi connectivity index (χ4v) is 4.10. The first-order chi connectivity index (χ1) is 14.2. The van der Waals surface area contributed by atoms with Crippen LogP contribution >= 0.6 is 24.0 Å². The number of guanidine groups is 1. The minimum absolute atomic E-state index is 0. The average molecular weight is 530 g/mol. The summed E-state index contributed by atoms with van der Waals surface area (Å²) in [5.74, 6) is 3.02. The molecular weight excluding hydrogens is 491 g/mol. The summed E-state index contributed by atoms with van der Waals surface area (Å²) >= 11 is 0. The van der Waals surface area contributed by atoms with E-state index in [-0.39, 0.29) is 24.0 Å². The average Bonchev–Trinajstić information content (AvgIpc) is 3.40. The first-order valence-corrected chi connectivity index (χ1v) is 11.1. The number of ether oxygens (including phenoxy) is 2. The number of nitrogens with one attached hydrogen (secondary N) is 2. The second kappa shape index (κ2) is 13.4. The largest absolute Gasteiger partial charge is 0.493 e. The molecule has 2 N–H and O–H groups in total. The van der Waals surface area contributed by atoms with Crippen molar-refractivity contribution in [1.29, 1.82) is 0 Å². The first-order valence-electron chi connectivity index (χ1n) is 11.1. The van der Waals surface area contributed by atoms with Gasteiger partial charge in [-0.1, -0.05) is 19.1 Å². The van der Waals surface area contributed by atoms with Gasteiger partial charge in [-0.2, -0.15) is 0 Å². The van der Waals surface area contributed by atoms with Crippen molar-refractivity contribution in [3.05, 3.63) is 29.3 Å². The molecule has 6 nitrogen and oxygen atoms in total. The Morgan fingerprint density at radius 3 is 2.87 bits per heavy atom. The minimum atomic E-state index is 0. The smallest absolute Gasteiger partial charge is 0.191 e. The maximum absolute atomic E-state index is 6.16. The standard InChI is InChI=1S/C23H38N4O2.HI/c1-4-9-27-10-7-19(15-27)13-25-23(24-3)26-14-21-6-5-18(2)12-22(21)29-17-20-8-11-28-16-20;/h5-6,12,19-20H,4,7-11,13-17H2,1-3H3,(H2,24,25,26);1H. The van der Waals surface area contributed by atoms with Crippen molar-refractivity contribution in [2.75, 3.05) is 53.0 Å². The molecule has 1 aromatic rings. The monoisotopic (exact) mass is 530 g/mol. The summed E-state index contributed by atoms with van der Waals surface area (Å²) in [6, 6.07) is 6.42. The van der Waals surface area contributed by atoms with Crippen LogP contribution in [0.4, 0.5) is 0 Å². The molecule has 2 aliphatic rings. The third-order valence-electron chi connectivity index (χ3n) is 5.86. The van der Waals surface area contributed by atoms with Gasteiger partial charge in [0, 0.05) is 44.8 Å². The molecule has 0 aliphatic carbocycles. The van der Waals surface area contributed by atoms with Gasteiger partial charge in [-0.3, -0.25) is 4.99 Å². The molecule has 1 aromatic carbocycles. The number of hydrogen-bond donors (Lipinski definition) is 2. The molecule has 2 unspecified atom stereocenters. The Morgan fingerprint density at radius 1 is 1.27 bits per heavy atom. The number of nitrogens with zero attached hydrogens (tertiary/aromatic N) is 2. The quantitative estimate of drug-likeness (QED) is 0.291. The van der Waals surface area contributed by atoms with Crippen LogP contribution in [0.15, 0.2) is 23.2 Å². The fraction of sp³-hybridized carbons (Fsp3) is 0.696. The van der Waals surface area contributed by atoms with E-state index in [4.69, 9.17) is 9.47 Å². The van der Waals surface area contributed by atoms with Crippen molar-refractivity contribution >= 4 is 29.9 Å². The van der Waals surface area contributed by atoms with Gasteiger partial charge in [-0.05, 0) is 56.8 Å². The molecule has 3 rings (SSSR count). The van der Waals surface area contributed by atoms with Gasteiger partial charge in [0.05, 0.1) is 13.2 Å². The predicted molar refractivity (Wildman–Crippen MR) is 134 cm³/mol. The third kappa shape index (κ3) is 7.89. The molecule has 2 fully saturated rings. The minimum Gasteiger partial charge on any atom is -0.493 e. The van der Waals surface area contributed by atoms with Gasteiger partial charge in [-0.15, -0.1) is 24.0 Å². The van der Waals surface area contributed by atoms with Crippen LogP contribution in [0.1, 0.15) is 37.3 Å². The van der Waals surface area contributed by atoms with Crippen molar-refractivity contribution in [3.63, 3.8) is 0 Å². The number of rotatable bonds is 9. The highest BCUT2D eigenvalue weighted by atomic mass is 127. The molecule has 2 atom stereocenters. The molecule has 30 heavy (non-hydrogen) atoms. The zero-order valence-corrected chi connectivity index (χ0v) is 21.1. The molecule has 0 saturated carbocycles. The SMILES string of the molecule is CCCN1CCC(CNC(=NC)NCc2ccc(C)cc2OCC2CCOC2)C1.I. The number of hydrogen-bond acceptors (Lipinski definition) is 4. The molecule has 0 aromatic heterocycles. The lowest BCUT2D eigenvalue weighted by Crippen LogP contribution is -2.40. The molecule has 170 valence electrons. The number of benzene rings is 1. The molecule has 0 spiro atoms. The maximum atomic E-state index is 6.16. The predicted octanol–water partition coefficient (Wildman–Crippen LogP) is 3.43. The number of likely N-dealkylation sites (tertiary alicyclic amines) is 1. The van der Waals surface area contributed by atoms with Crippen LogP contribution in [-0.4, -0.2) is 63.9 Å². The second-order valence-corrected chi connectivity index (χ2v) is 8.41. The van der Waals surface area contributed by atoms with Gasteiger partial charge in [0.1, 0.15) is 5.75 Å². The number of halogens is 1. The summed E-state index contributed by atoms with van der Waals surface area (Å²) in [6.45, 7) is 12.0. The Balaban J connectivity index is 0.00000320. The van der Waals surface area contributed by atoms with Crippen molar-refractivity contribution in [3.8, 4) is 5.75 Å². The molecule has 0 radical (unpaired) electrons. The third-order valence-corrected chi connectivity index (χ3v) is 5.86. The number of aliphatic imine (C=N–C) groups is 1. The van der Waals surface area contributed by atoms with Crippen LogP contribution in [0.25, 0.3) is 0 Å². The zero-order valence-electron chi connectivity index (χ0n) is 18.8. The summed E-state index contributed by atoms with van der Waals surface area (Å²) in [5, 5.41) is 6.96. The van der Waals surface area contributed by atoms with Crippen LogP contribution in [0, 0.1) is 18.8 Å². The lowest BCUT2D eigenvalue weighted by Gasteiger charge is -2.18. The van der Waals surface area contributed by atoms with Gasteiger partial charge < -0.3 is 25.0 Å². The lowest BCUT2D eigenvalue weighted by atomic mass is 10.1. The van der Waals surface area contributed by atoms with Crippen molar-refractivity contribution < 1.29 is 9.47 Å². The normalized spacial score (nSPS) is 22.0. The van der Waals surface area contributed by atoms with Crippen LogP contribution in [0.5, 0.6) is 5.75 Å². The van der Waals surface area contributed by atoms with Crippen LogP contribution in [0.3, 0.4) is 0 Å². The molecular formula is C23H39IN4O2. The van der Waals surface area contributed by atoms with E-state index in [1.165, 1.54) is 38.0 Å². The van der Waals surface area contributed by atoms with E-state index in [1.54, 1.807) is 0 Å². The molecule has 2 heterocycles. The van der Waals surface area contributed by atoms with Crippen LogP contribution in [0.2, 0.25) is 0 Å². The second-order valence-electron chi connectivity index (χ2n) is 8.41. The summed E-state index contributed by atoms with van der Waals surface area (Å²) in [5.41, 5.74) is 2.37. The highest BCUT2D eigenvalue weighted by molar-refractivity contribution is 14.0. The fourth-order valence-electron chi connectivity index (χ4n) is 4.10. The van der Waals surface area contributed by atoms with E-state index < -0.39 is 0 Å². The highest BCUT2D eigenvalue weighted by Crippen LogP contribution is 2.22. The van der Waals surface area contributed by atoms with Gasteiger partial charge in [-0.25, -0.2) is 0 Å². The van der Waals surface area contributed by atoms with E-state index in [1.807, 2.05) is 7.05 Å². The van der Waals surface area contributed by atoms with Crippen molar-refractivity contribution in [2.45, 2.75) is 39.7 Å². The summed E-state index contributed by atoms with van der Waals surface area (Å²) in [4.78, 5) is 6.96. The zero-order chi connectivity index (χ0) is 20.5. The Bertz CT molecular complexity index is 665. The van der Waals surface area contributed by atoms with E-state index in [0.717, 1.165) is 50.1 Å². The van der Waals surface area contributed by atoms with Crippen molar-refractivity contribution in [1.82, 2.24) is 15.5 Å².